The Morgan fingerprint density at radius 1 is 1.47 bits per heavy atom. The maximum absolute atomic E-state index is 13.3. The molecule has 0 saturated heterocycles. The molecule has 0 spiro atoms. The topological polar surface area (TPSA) is 38.1 Å². The summed E-state index contributed by atoms with van der Waals surface area (Å²) in [6.45, 7) is 0.431. The average molecular weight is 326 g/mol. The van der Waals surface area contributed by atoms with E-state index in [2.05, 4.69) is 21.0 Å². The van der Waals surface area contributed by atoms with Crippen LogP contribution in [0.3, 0.4) is 0 Å². The van der Waals surface area contributed by atoms with Gasteiger partial charge >= 0.3 is 0 Å². The van der Waals surface area contributed by atoms with E-state index >= 15 is 0 Å². The molecule has 0 aliphatic carbocycles. The standard InChI is InChI=1S/C13H13BrFN3O/c1-17(7-9-6-16-18(2)8-9)13(19)10-3-11(14)5-12(15)4-10/h3-6,8H,7H2,1-2H3. The fraction of sp³-hybridized carbons (Fsp3) is 0.231. The summed E-state index contributed by atoms with van der Waals surface area (Å²) in [6, 6.07) is 4.15. The first-order valence-corrected chi connectivity index (χ1v) is 6.44. The van der Waals surface area contributed by atoms with Gasteiger partial charge in [0.05, 0.1) is 6.20 Å². The first-order chi connectivity index (χ1) is 8.95. The van der Waals surface area contributed by atoms with Gasteiger partial charge in [-0.1, -0.05) is 15.9 Å². The number of nitrogens with zero attached hydrogens (tertiary/aromatic N) is 3. The van der Waals surface area contributed by atoms with Crippen LogP contribution < -0.4 is 0 Å². The van der Waals surface area contributed by atoms with E-state index in [4.69, 9.17) is 0 Å². The van der Waals surface area contributed by atoms with Gasteiger partial charge in [-0.3, -0.25) is 9.48 Å². The smallest absolute Gasteiger partial charge is 0.254 e. The molecule has 0 atom stereocenters. The van der Waals surface area contributed by atoms with Gasteiger partial charge in [0.25, 0.3) is 5.91 Å². The molecule has 100 valence electrons. The van der Waals surface area contributed by atoms with E-state index in [0.29, 0.717) is 16.6 Å². The third-order valence-electron chi connectivity index (χ3n) is 2.63. The lowest BCUT2D eigenvalue weighted by molar-refractivity contribution is 0.0784. The first kappa shape index (κ1) is 13.7. The van der Waals surface area contributed by atoms with Gasteiger partial charge in [-0.25, -0.2) is 4.39 Å². The number of halogens is 2. The Kier molecular flexibility index (Phi) is 3.99. The average Bonchev–Trinajstić information content (AvgIpc) is 2.72. The van der Waals surface area contributed by atoms with E-state index in [1.54, 1.807) is 24.0 Å². The molecule has 0 fully saturated rings. The molecule has 4 nitrogen and oxygen atoms in total. The third-order valence-corrected chi connectivity index (χ3v) is 3.09. The summed E-state index contributed by atoms with van der Waals surface area (Å²) in [6.07, 6.45) is 3.54. The van der Waals surface area contributed by atoms with Gasteiger partial charge < -0.3 is 4.90 Å². The van der Waals surface area contributed by atoms with Crippen LogP contribution in [0.1, 0.15) is 15.9 Å². The highest BCUT2D eigenvalue weighted by molar-refractivity contribution is 9.10. The number of benzene rings is 1. The number of hydrogen-bond donors (Lipinski definition) is 0. The fourth-order valence-electron chi connectivity index (χ4n) is 1.80. The number of rotatable bonds is 3. The number of aromatic nitrogens is 2. The van der Waals surface area contributed by atoms with Crippen molar-refractivity contribution in [1.82, 2.24) is 14.7 Å². The Morgan fingerprint density at radius 3 is 2.79 bits per heavy atom. The molecule has 1 amide bonds. The van der Waals surface area contributed by atoms with Crippen molar-refractivity contribution in [3.05, 3.63) is 52.0 Å². The first-order valence-electron chi connectivity index (χ1n) is 5.65. The lowest BCUT2D eigenvalue weighted by atomic mass is 10.2. The number of aryl methyl sites for hydroxylation is 1. The predicted molar refractivity (Wildman–Crippen MR) is 73.1 cm³/mol. The molecule has 0 unspecified atom stereocenters. The van der Waals surface area contributed by atoms with Crippen molar-refractivity contribution in [2.45, 2.75) is 6.54 Å². The molecule has 1 heterocycles. The molecular weight excluding hydrogens is 313 g/mol. The highest BCUT2D eigenvalue weighted by Crippen LogP contribution is 2.16. The lowest BCUT2D eigenvalue weighted by Crippen LogP contribution is -2.26. The maximum Gasteiger partial charge on any atom is 0.254 e. The molecule has 1 aromatic heterocycles. The Morgan fingerprint density at radius 2 is 2.21 bits per heavy atom. The van der Waals surface area contributed by atoms with E-state index < -0.39 is 5.82 Å². The zero-order valence-electron chi connectivity index (χ0n) is 10.6. The van der Waals surface area contributed by atoms with Gasteiger partial charge in [0, 0.05) is 42.4 Å². The molecule has 6 heteroatoms. The van der Waals surface area contributed by atoms with Crippen LogP contribution in [-0.2, 0) is 13.6 Å². The molecule has 19 heavy (non-hydrogen) atoms. The molecular formula is C13H13BrFN3O. The van der Waals surface area contributed by atoms with Gasteiger partial charge in [-0.2, -0.15) is 5.10 Å². The van der Waals surface area contributed by atoms with Crippen LogP contribution in [0.5, 0.6) is 0 Å². The summed E-state index contributed by atoms with van der Waals surface area (Å²) in [7, 11) is 3.49. The van der Waals surface area contributed by atoms with Crippen LogP contribution in [0.4, 0.5) is 4.39 Å². The van der Waals surface area contributed by atoms with E-state index in [9.17, 15) is 9.18 Å². The maximum atomic E-state index is 13.3. The number of amides is 1. The van der Waals surface area contributed by atoms with Crippen LogP contribution in [0, 0.1) is 5.82 Å². The number of carbonyl (C=O) groups excluding carboxylic acids is 1. The Hall–Kier alpha value is -1.69. The van der Waals surface area contributed by atoms with Crippen molar-refractivity contribution in [3.8, 4) is 0 Å². The molecule has 0 radical (unpaired) electrons. The predicted octanol–water partition coefficient (Wildman–Crippen LogP) is 2.59. The second-order valence-corrected chi connectivity index (χ2v) is 5.26. The van der Waals surface area contributed by atoms with Crippen molar-refractivity contribution in [2.75, 3.05) is 7.05 Å². The van der Waals surface area contributed by atoms with Gasteiger partial charge in [-0.15, -0.1) is 0 Å². The largest absolute Gasteiger partial charge is 0.337 e. The van der Waals surface area contributed by atoms with E-state index in [0.717, 1.165) is 5.56 Å². The quantitative estimate of drug-likeness (QED) is 0.870. The van der Waals surface area contributed by atoms with Gasteiger partial charge in [-0.05, 0) is 18.2 Å². The monoisotopic (exact) mass is 325 g/mol. The summed E-state index contributed by atoms with van der Waals surface area (Å²) < 4.78 is 15.5. The molecule has 0 aliphatic heterocycles. The second-order valence-electron chi connectivity index (χ2n) is 4.34. The van der Waals surface area contributed by atoms with Crippen LogP contribution in [0.15, 0.2) is 35.1 Å². The minimum absolute atomic E-state index is 0.232. The van der Waals surface area contributed by atoms with Crippen molar-refractivity contribution < 1.29 is 9.18 Å². The Labute approximate surface area is 119 Å². The van der Waals surface area contributed by atoms with Gasteiger partial charge in [0.2, 0.25) is 0 Å². The van der Waals surface area contributed by atoms with Crippen molar-refractivity contribution >= 4 is 21.8 Å². The normalized spacial score (nSPS) is 10.5. The summed E-state index contributed by atoms with van der Waals surface area (Å²) in [5.74, 6) is -0.670. The van der Waals surface area contributed by atoms with Crippen LogP contribution in [0.2, 0.25) is 0 Å². The van der Waals surface area contributed by atoms with E-state index in [1.165, 1.54) is 17.0 Å². The molecule has 0 bridgehead atoms. The molecule has 1 aromatic carbocycles. The Bertz CT molecular complexity index is 591. The Balaban J connectivity index is 2.14. The lowest BCUT2D eigenvalue weighted by Gasteiger charge is -2.16. The van der Waals surface area contributed by atoms with E-state index in [-0.39, 0.29) is 5.91 Å². The number of hydrogen-bond acceptors (Lipinski definition) is 2. The van der Waals surface area contributed by atoms with Crippen molar-refractivity contribution in [1.29, 1.82) is 0 Å². The SMILES string of the molecule is CN(Cc1cnn(C)c1)C(=O)c1cc(F)cc(Br)c1. The summed E-state index contributed by atoms with van der Waals surface area (Å²) in [4.78, 5) is 13.7. The molecule has 0 N–H and O–H groups in total. The number of carbonyl (C=O) groups is 1. The van der Waals surface area contributed by atoms with Gasteiger partial charge in [0.1, 0.15) is 5.82 Å². The van der Waals surface area contributed by atoms with Crippen LogP contribution >= 0.6 is 15.9 Å². The highest BCUT2D eigenvalue weighted by Gasteiger charge is 2.14. The van der Waals surface area contributed by atoms with E-state index in [1.807, 2.05) is 13.2 Å². The second kappa shape index (κ2) is 5.52. The summed E-state index contributed by atoms with van der Waals surface area (Å²) in [5, 5.41) is 4.04. The van der Waals surface area contributed by atoms with Crippen molar-refractivity contribution in [2.24, 2.45) is 7.05 Å². The fourth-order valence-corrected chi connectivity index (χ4v) is 2.26. The summed E-state index contributed by atoms with van der Waals surface area (Å²) in [5.41, 5.74) is 1.24. The summed E-state index contributed by atoms with van der Waals surface area (Å²) >= 11 is 3.18. The third kappa shape index (κ3) is 3.41. The zero-order chi connectivity index (χ0) is 14.0. The zero-order valence-corrected chi connectivity index (χ0v) is 12.2. The molecule has 2 rings (SSSR count). The minimum atomic E-state index is -0.437. The van der Waals surface area contributed by atoms with Crippen molar-refractivity contribution in [3.63, 3.8) is 0 Å². The molecule has 0 aliphatic rings. The van der Waals surface area contributed by atoms with Crippen LogP contribution in [-0.4, -0.2) is 27.6 Å². The highest BCUT2D eigenvalue weighted by atomic mass is 79.9. The molecule has 2 aromatic rings. The minimum Gasteiger partial charge on any atom is -0.337 e. The molecule has 0 saturated carbocycles. The van der Waals surface area contributed by atoms with Gasteiger partial charge in [0.15, 0.2) is 0 Å². The van der Waals surface area contributed by atoms with Crippen LogP contribution in [0.25, 0.3) is 0 Å².